The van der Waals surface area contributed by atoms with Crippen LogP contribution in [0, 0.1) is 0 Å². The second kappa shape index (κ2) is 8.88. The fraction of sp³-hybridized carbons (Fsp3) is 0.273. The van der Waals surface area contributed by atoms with Crippen LogP contribution in [0.3, 0.4) is 0 Å². The predicted octanol–water partition coefficient (Wildman–Crippen LogP) is 5.22. The Morgan fingerprint density at radius 2 is 1.82 bits per heavy atom. The summed E-state index contributed by atoms with van der Waals surface area (Å²) >= 11 is 5.33. The molecular weight excluding hydrogens is 434 g/mol. The van der Waals surface area contributed by atoms with Gasteiger partial charge in [-0.1, -0.05) is 52.3 Å². The van der Waals surface area contributed by atoms with Crippen molar-refractivity contribution in [3.8, 4) is 11.3 Å². The second-order valence-electron chi connectivity index (χ2n) is 6.82. The molecule has 0 spiro atoms. The SMILES string of the molecule is O=C1CCCN1CCCn1c(-c2ccccc2Br)csc1=Nc1ccccc1. The number of carbonyl (C=O) groups excluding carboxylic acids is 1. The van der Waals surface area contributed by atoms with Crippen molar-refractivity contribution in [1.82, 2.24) is 9.47 Å². The molecule has 0 saturated carbocycles. The van der Waals surface area contributed by atoms with E-state index in [1.54, 1.807) is 11.3 Å². The minimum atomic E-state index is 0.288. The predicted molar refractivity (Wildman–Crippen MR) is 118 cm³/mol. The van der Waals surface area contributed by atoms with Crippen molar-refractivity contribution in [2.24, 2.45) is 4.99 Å². The molecule has 1 saturated heterocycles. The quantitative estimate of drug-likeness (QED) is 0.501. The molecule has 28 heavy (non-hydrogen) atoms. The number of halogens is 1. The summed E-state index contributed by atoms with van der Waals surface area (Å²) < 4.78 is 3.35. The van der Waals surface area contributed by atoms with Crippen molar-refractivity contribution < 1.29 is 4.79 Å². The molecule has 1 aromatic heterocycles. The van der Waals surface area contributed by atoms with E-state index in [0.29, 0.717) is 6.42 Å². The molecular formula is C22H22BrN3OS. The fourth-order valence-electron chi connectivity index (χ4n) is 3.49. The molecule has 2 heterocycles. The number of rotatable bonds is 6. The topological polar surface area (TPSA) is 37.6 Å². The van der Waals surface area contributed by atoms with Crippen molar-refractivity contribution >= 4 is 38.9 Å². The van der Waals surface area contributed by atoms with E-state index in [0.717, 1.165) is 58.7 Å². The summed E-state index contributed by atoms with van der Waals surface area (Å²) in [5.74, 6) is 0.288. The highest BCUT2D eigenvalue weighted by atomic mass is 79.9. The van der Waals surface area contributed by atoms with Crippen LogP contribution < -0.4 is 4.80 Å². The van der Waals surface area contributed by atoms with Gasteiger partial charge >= 0.3 is 0 Å². The van der Waals surface area contributed by atoms with E-state index >= 15 is 0 Å². The maximum Gasteiger partial charge on any atom is 0.222 e. The molecule has 3 aromatic rings. The molecule has 1 fully saturated rings. The van der Waals surface area contributed by atoms with Gasteiger partial charge in [-0.15, -0.1) is 11.3 Å². The van der Waals surface area contributed by atoms with E-state index in [4.69, 9.17) is 4.99 Å². The number of aromatic nitrogens is 1. The van der Waals surface area contributed by atoms with Crippen LogP contribution in [0.15, 0.2) is 69.4 Å². The van der Waals surface area contributed by atoms with E-state index in [1.807, 2.05) is 41.3 Å². The molecule has 0 aliphatic carbocycles. The summed E-state index contributed by atoms with van der Waals surface area (Å²) in [6, 6.07) is 18.3. The third-order valence-corrected chi connectivity index (χ3v) is 6.46. The van der Waals surface area contributed by atoms with Gasteiger partial charge in [-0.3, -0.25) is 4.79 Å². The van der Waals surface area contributed by atoms with Crippen molar-refractivity contribution in [3.63, 3.8) is 0 Å². The molecule has 6 heteroatoms. The minimum Gasteiger partial charge on any atom is -0.343 e. The highest BCUT2D eigenvalue weighted by molar-refractivity contribution is 9.10. The lowest BCUT2D eigenvalue weighted by Gasteiger charge is -2.16. The van der Waals surface area contributed by atoms with Crippen LogP contribution in [0.2, 0.25) is 0 Å². The maximum atomic E-state index is 11.9. The average Bonchev–Trinajstić information content (AvgIpc) is 3.30. The van der Waals surface area contributed by atoms with Gasteiger partial charge in [-0.05, 0) is 31.0 Å². The van der Waals surface area contributed by atoms with E-state index in [9.17, 15) is 4.79 Å². The summed E-state index contributed by atoms with van der Waals surface area (Å²) in [6.45, 7) is 2.53. The first kappa shape index (κ1) is 19.2. The van der Waals surface area contributed by atoms with Crippen molar-refractivity contribution in [2.75, 3.05) is 13.1 Å². The summed E-state index contributed by atoms with van der Waals surface area (Å²) in [7, 11) is 0. The normalized spacial score (nSPS) is 14.8. The van der Waals surface area contributed by atoms with E-state index in [-0.39, 0.29) is 5.91 Å². The van der Waals surface area contributed by atoms with Crippen molar-refractivity contribution in [1.29, 1.82) is 0 Å². The van der Waals surface area contributed by atoms with Gasteiger partial charge in [0.05, 0.1) is 11.4 Å². The van der Waals surface area contributed by atoms with Gasteiger partial charge in [0.2, 0.25) is 5.91 Å². The Labute approximate surface area is 177 Å². The lowest BCUT2D eigenvalue weighted by Crippen LogP contribution is -2.27. The molecule has 1 aliphatic heterocycles. The van der Waals surface area contributed by atoms with Crippen LogP contribution in [0.5, 0.6) is 0 Å². The van der Waals surface area contributed by atoms with Gasteiger partial charge < -0.3 is 9.47 Å². The van der Waals surface area contributed by atoms with Gasteiger partial charge in [0, 0.05) is 41.5 Å². The summed E-state index contributed by atoms with van der Waals surface area (Å²) in [5.41, 5.74) is 3.26. The number of para-hydroxylation sites is 1. The lowest BCUT2D eigenvalue weighted by molar-refractivity contribution is -0.127. The highest BCUT2D eigenvalue weighted by Gasteiger charge is 2.19. The highest BCUT2D eigenvalue weighted by Crippen LogP contribution is 2.28. The lowest BCUT2D eigenvalue weighted by atomic mass is 10.2. The number of thiazole rings is 1. The number of hydrogen-bond donors (Lipinski definition) is 0. The Morgan fingerprint density at radius 3 is 2.57 bits per heavy atom. The monoisotopic (exact) mass is 455 g/mol. The molecule has 0 radical (unpaired) electrons. The molecule has 0 bridgehead atoms. The van der Waals surface area contributed by atoms with Crippen molar-refractivity contribution in [3.05, 3.63) is 69.3 Å². The number of hydrogen-bond acceptors (Lipinski definition) is 3. The second-order valence-corrected chi connectivity index (χ2v) is 8.51. The Kier molecular flexibility index (Phi) is 6.07. The third kappa shape index (κ3) is 4.28. The van der Waals surface area contributed by atoms with Crippen LogP contribution in [-0.2, 0) is 11.3 Å². The zero-order chi connectivity index (χ0) is 19.3. The Balaban J connectivity index is 1.66. The van der Waals surface area contributed by atoms with E-state index in [1.165, 1.54) is 0 Å². The van der Waals surface area contributed by atoms with Crippen LogP contribution in [0.4, 0.5) is 5.69 Å². The smallest absolute Gasteiger partial charge is 0.222 e. The van der Waals surface area contributed by atoms with Crippen LogP contribution in [-0.4, -0.2) is 28.5 Å². The molecule has 4 rings (SSSR count). The number of nitrogens with zero attached hydrogens (tertiary/aromatic N) is 3. The molecule has 0 atom stereocenters. The zero-order valence-corrected chi connectivity index (χ0v) is 18.0. The van der Waals surface area contributed by atoms with Crippen LogP contribution in [0.25, 0.3) is 11.3 Å². The summed E-state index contributed by atoms with van der Waals surface area (Å²) in [6.07, 6.45) is 2.60. The van der Waals surface area contributed by atoms with Gasteiger partial charge in [-0.2, -0.15) is 0 Å². The van der Waals surface area contributed by atoms with Gasteiger partial charge in [-0.25, -0.2) is 4.99 Å². The molecule has 4 nitrogen and oxygen atoms in total. The largest absolute Gasteiger partial charge is 0.343 e. The number of likely N-dealkylation sites (tertiary alicyclic amines) is 1. The fourth-order valence-corrected chi connectivity index (χ4v) is 4.93. The van der Waals surface area contributed by atoms with Gasteiger partial charge in [0.1, 0.15) is 0 Å². The first-order valence-electron chi connectivity index (χ1n) is 9.53. The average molecular weight is 456 g/mol. The number of benzene rings is 2. The summed E-state index contributed by atoms with van der Waals surface area (Å²) in [4.78, 5) is 19.7. The molecule has 0 unspecified atom stereocenters. The third-order valence-electron chi connectivity index (χ3n) is 4.91. The number of carbonyl (C=O) groups is 1. The summed E-state index contributed by atoms with van der Waals surface area (Å²) in [5, 5.41) is 2.17. The van der Waals surface area contributed by atoms with Crippen LogP contribution >= 0.6 is 27.3 Å². The maximum absolute atomic E-state index is 11.9. The molecule has 0 N–H and O–H groups in total. The van der Waals surface area contributed by atoms with Crippen molar-refractivity contribution in [2.45, 2.75) is 25.8 Å². The molecule has 144 valence electrons. The molecule has 2 aromatic carbocycles. The minimum absolute atomic E-state index is 0.288. The Morgan fingerprint density at radius 1 is 1.04 bits per heavy atom. The Bertz CT molecular complexity index is 1030. The standard InChI is InChI=1S/C22H22BrN3OS/c23-19-11-5-4-10-18(19)20-16-28-22(24-17-8-2-1-3-9-17)26(20)15-7-14-25-13-6-12-21(25)27/h1-5,8-11,16H,6-7,12-15H2. The van der Waals surface area contributed by atoms with E-state index < -0.39 is 0 Å². The van der Waals surface area contributed by atoms with E-state index in [2.05, 4.69) is 44.1 Å². The molecule has 1 aliphatic rings. The van der Waals surface area contributed by atoms with Gasteiger partial charge in [0.15, 0.2) is 4.80 Å². The van der Waals surface area contributed by atoms with Crippen LogP contribution in [0.1, 0.15) is 19.3 Å². The first-order valence-corrected chi connectivity index (χ1v) is 11.2. The molecule has 1 amide bonds. The Hall–Kier alpha value is -2.18. The zero-order valence-electron chi connectivity index (χ0n) is 15.6. The first-order chi connectivity index (χ1) is 13.7. The van der Waals surface area contributed by atoms with Gasteiger partial charge in [0.25, 0.3) is 0 Å². The number of amides is 1.